The number of aromatic nitrogens is 2. The van der Waals surface area contributed by atoms with Crippen LogP contribution in [0, 0.1) is 20.8 Å². The Hall–Kier alpha value is -2.62. The molecule has 4 heteroatoms. The maximum atomic E-state index is 12.4. The predicted octanol–water partition coefficient (Wildman–Crippen LogP) is 3.60. The molecule has 22 heavy (non-hydrogen) atoms. The summed E-state index contributed by atoms with van der Waals surface area (Å²) in [4.78, 5) is 16.9. The van der Waals surface area contributed by atoms with Gasteiger partial charge >= 0.3 is 0 Å². The molecule has 0 radical (unpaired) electrons. The molecule has 2 aromatic carbocycles. The van der Waals surface area contributed by atoms with E-state index >= 15 is 0 Å². The summed E-state index contributed by atoms with van der Waals surface area (Å²) in [5.74, 6) is 0.807. The summed E-state index contributed by atoms with van der Waals surface area (Å²) in [5.41, 5.74) is 4.94. The Morgan fingerprint density at radius 3 is 2.45 bits per heavy atom. The Morgan fingerprint density at radius 1 is 1.05 bits per heavy atom. The van der Waals surface area contributed by atoms with Crippen LogP contribution in [0.3, 0.4) is 0 Å². The lowest BCUT2D eigenvalue weighted by Crippen LogP contribution is -2.20. The molecule has 1 amide bonds. The zero-order valence-electron chi connectivity index (χ0n) is 13.1. The first-order valence-corrected chi connectivity index (χ1v) is 7.34. The lowest BCUT2D eigenvalue weighted by Gasteiger charge is -2.12. The Bertz CT molecular complexity index is 828. The maximum absolute atomic E-state index is 12.4. The molecule has 1 heterocycles. The van der Waals surface area contributed by atoms with Gasteiger partial charge in [-0.3, -0.25) is 4.79 Å². The number of carbonyl (C=O) groups is 1. The van der Waals surface area contributed by atoms with Crippen molar-refractivity contribution in [2.75, 3.05) is 5.32 Å². The summed E-state index contributed by atoms with van der Waals surface area (Å²) in [6, 6.07) is 13.9. The van der Waals surface area contributed by atoms with Gasteiger partial charge in [-0.2, -0.15) is 0 Å². The fourth-order valence-electron chi connectivity index (χ4n) is 2.73. The van der Waals surface area contributed by atoms with Crippen molar-refractivity contribution in [3.8, 4) is 0 Å². The number of nitrogens with zero attached hydrogens (tertiary/aromatic N) is 2. The first kappa shape index (κ1) is 14.3. The van der Waals surface area contributed by atoms with Gasteiger partial charge in [0.25, 0.3) is 0 Å². The number of imidazole rings is 1. The number of para-hydroxylation sites is 3. The van der Waals surface area contributed by atoms with Gasteiger partial charge in [0.2, 0.25) is 5.91 Å². The lowest BCUT2D eigenvalue weighted by atomic mass is 10.1. The van der Waals surface area contributed by atoms with Gasteiger partial charge in [0, 0.05) is 5.69 Å². The second-order valence-corrected chi connectivity index (χ2v) is 5.55. The van der Waals surface area contributed by atoms with Crippen molar-refractivity contribution in [2.45, 2.75) is 27.3 Å². The number of aryl methyl sites for hydroxylation is 3. The van der Waals surface area contributed by atoms with Gasteiger partial charge in [0.05, 0.1) is 11.0 Å². The summed E-state index contributed by atoms with van der Waals surface area (Å²) in [5, 5.41) is 3.02. The van der Waals surface area contributed by atoms with Gasteiger partial charge in [-0.15, -0.1) is 0 Å². The highest BCUT2D eigenvalue weighted by Crippen LogP contribution is 2.20. The summed E-state index contributed by atoms with van der Waals surface area (Å²) >= 11 is 0. The Labute approximate surface area is 129 Å². The number of hydrogen-bond donors (Lipinski definition) is 1. The number of carbonyl (C=O) groups excluding carboxylic acids is 1. The van der Waals surface area contributed by atoms with Gasteiger partial charge in [-0.25, -0.2) is 4.98 Å². The number of anilines is 1. The average molecular weight is 293 g/mol. The van der Waals surface area contributed by atoms with Gasteiger partial charge in [0.1, 0.15) is 12.4 Å². The molecule has 0 atom stereocenters. The zero-order valence-corrected chi connectivity index (χ0v) is 13.1. The molecule has 0 fully saturated rings. The molecule has 112 valence electrons. The number of amides is 1. The number of nitrogens with one attached hydrogen (secondary N) is 1. The summed E-state index contributed by atoms with van der Waals surface area (Å²) in [6.45, 7) is 6.19. The minimum Gasteiger partial charge on any atom is -0.324 e. The summed E-state index contributed by atoms with van der Waals surface area (Å²) in [7, 11) is 0. The van der Waals surface area contributed by atoms with Crippen LogP contribution < -0.4 is 5.32 Å². The molecular formula is C18H19N3O. The smallest absolute Gasteiger partial charge is 0.244 e. The molecule has 3 rings (SSSR count). The zero-order chi connectivity index (χ0) is 15.7. The predicted molar refractivity (Wildman–Crippen MR) is 89.0 cm³/mol. The van der Waals surface area contributed by atoms with Crippen LogP contribution in [0.5, 0.6) is 0 Å². The highest BCUT2D eigenvalue weighted by atomic mass is 16.1. The topological polar surface area (TPSA) is 46.9 Å². The van der Waals surface area contributed by atoms with Crippen LogP contribution in [0.25, 0.3) is 11.0 Å². The van der Waals surface area contributed by atoms with Crippen LogP contribution in [0.1, 0.15) is 17.0 Å². The lowest BCUT2D eigenvalue weighted by molar-refractivity contribution is -0.116. The Balaban J connectivity index is 1.86. The van der Waals surface area contributed by atoms with E-state index in [-0.39, 0.29) is 12.5 Å². The molecule has 0 unspecified atom stereocenters. The van der Waals surface area contributed by atoms with E-state index in [1.165, 1.54) is 0 Å². The van der Waals surface area contributed by atoms with Crippen LogP contribution in [0.2, 0.25) is 0 Å². The van der Waals surface area contributed by atoms with E-state index in [2.05, 4.69) is 10.3 Å². The van der Waals surface area contributed by atoms with Gasteiger partial charge in [-0.05, 0) is 44.0 Å². The Morgan fingerprint density at radius 2 is 1.73 bits per heavy atom. The van der Waals surface area contributed by atoms with E-state index in [9.17, 15) is 4.79 Å². The highest BCUT2D eigenvalue weighted by Gasteiger charge is 2.12. The molecule has 0 aliphatic carbocycles. The molecule has 3 aromatic rings. The van der Waals surface area contributed by atoms with Crippen LogP contribution in [0.4, 0.5) is 5.69 Å². The van der Waals surface area contributed by atoms with Crippen LogP contribution in [-0.4, -0.2) is 15.5 Å². The fourth-order valence-corrected chi connectivity index (χ4v) is 2.73. The van der Waals surface area contributed by atoms with Crippen molar-refractivity contribution in [2.24, 2.45) is 0 Å². The van der Waals surface area contributed by atoms with Crippen molar-refractivity contribution < 1.29 is 4.79 Å². The van der Waals surface area contributed by atoms with E-state index in [0.717, 1.165) is 33.7 Å². The van der Waals surface area contributed by atoms with Crippen molar-refractivity contribution in [3.05, 3.63) is 59.4 Å². The number of fused-ring (bicyclic) bond motifs is 1. The SMILES string of the molecule is Cc1cccc(C)c1NC(=O)Cn1c(C)nc2ccccc21. The monoisotopic (exact) mass is 293 g/mol. The number of benzene rings is 2. The average Bonchev–Trinajstić information content (AvgIpc) is 2.79. The minimum absolute atomic E-state index is 0.0383. The molecular weight excluding hydrogens is 274 g/mol. The summed E-state index contributed by atoms with van der Waals surface area (Å²) < 4.78 is 1.94. The normalized spacial score (nSPS) is 10.9. The molecule has 4 nitrogen and oxygen atoms in total. The largest absolute Gasteiger partial charge is 0.324 e. The van der Waals surface area contributed by atoms with Crippen molar-refractivity contribution in [3.63, 3.8) is 0 Å². The molecule has 1 aromatic heterocycles. The highest BCUT2D eigenvalue weighted by molar-refractivity contribution is 5.93. The van der Waals surface area contributed by atoms with E-state index in [4.69, 9.17) is 0 Å². The molecule has 0 spiro atoms. The van der Waals surface area contributed by atoms with E-state index in [0.29, 0.717) is 0 Å². The molecule has 0 saturated carbocycles. The minimum atomic E-state index is -0.0383. The first-order valence-electron chi connectivity index (χ1n) is 7.34. The van der Waals surface area contributed by atoms with Gasteiger partial charge < -0.3 is 9.88 Å². The molecule has 0 bridgehead atoms. The van der Waals surface area contributed by atoms with Crippen LogP contribution in [0.15, 0.2) is 42.5 Å². The third kappa shape index (κ3) is 2.60. The van der Waals surface area contributed by atoms with E-state index < -0.39 is 0 Å². The third-order valence-electron chi connectivity index (χ3n) is 3.89. The standard InChI is InChI=1S/C18H19N3O/c1-12-7-6-8-13(2)18(12)20-17(22)11-21-14(3)19-15-9-4-5-10-16(15)21/h4-10H,11H2,1-3H3,(H,20,22). The van der Waals surface area contributed by atoms with Gasteiger partial charge in [0.15, 0.2) is 0 Å². The first-order chi connectivity index (χ1) is 10.6. The number of hydrogen-bond acceptors (Lipinski definition) is 2. The van der Waals surface area contributed by atoms with E-state index in [1.54, 1.807) is 0 Å². The molecule has 1 N–H and O–H groups in total. The van der Waals surface area contributed by atoms with E-state index in [1.807, 2.05) is 67.8 Å². The fraction of sp³-hybridized carbons (Fsp3) is 0.222. The number of rotatable bonds is 3. The molecule has 0 saturated heterocycles. The van der Waals surface area contributed by atoms with Crippen LogP contribution in [-0.2, 0) is 11.3 Å². The molecule has 0 aliphatic rings. The van der Waals surface area contributed by atoms with Crippen molar-refractivity contribution in [1.82, 2.24) is 9.55 Å². The second-order valence-electron chi connectivity index (χ2n) is 5.55. The van der Waals surface area contributed by atoms with Gasteiger partial charge in [-0.1, -0.05) is 30.3 Å². The summed E-state index contributed by atoms with van der Waals surface area (Å²) in [6.07, 6.45) is 0. The maximum Gasteiger partial charge on any atom is 0.244 e. The molecule has 0 aliphatic heterocycles. The Kier molecular flexibility index (Phi) is 3.67. The van der Waals surface area contributed by atoms with Crippen molar-refractivity contribution in [1.29, 1.82) is 0 Å². The van der Waals surface area contributed by atoms with Crippen LogP contribution >= 0.6 is 0 Å². The van der Waals surface area contributed by atoms with Crippen molar-refractivity contribution >= 4 is 22.6 Å². The second kappa shape index (κ2) is 5.64. The quantitative estimate of drug-likeness (QED) is 0.802. The third-order valence-corrected chi connectivity index (χ3v) is 3.89.